The summed E-state index contributed by atoms with van der Waals surface area (Å²) in [5.41, 5.74) is 2.43. The number of nitrogens with zero attached hydrogens (tertiary/aromatic N) is 5. The van der Waals surface area contributed by atoms with Crippen molar-refractivity contribution in [1.82, 2.24) is 19.6 Å². The van der Waals surface area contributed by atoms with E-state index in [2.05, 4.69) is 24.0 Å². The van der Waals surface area contributed by atoms with Crippen LogP contribution in [-0.2, 0) is 13.0 Å². The van der Waals surface area contributed by atoms with Gasteiger partial charge in [0.15, 0.2) is 0 Å². The maximum Gasteiger partial charge on any atom is 0.411 e. The van der Waals surface area contributed by atoms with E-state index in [1.807, 2.05) is 30.8 Å². The molecule has 8 heteroatoms. The number of carbonyl (C=O) groups is 1. The SMILES string of the molecule is CC(C)CN(C(=O)O)c1cccc(Cc2nn(-c3cnn(CC(C)C)c3)ccc2=O)c1. The quantitative estimate of drug-likeness (QED) is 0.595. The molecule has 0 aliphatic carbocycles. The average Bonchev–Trinajstić information content (AvgIpc) is 3.15. The fourth-order valence-corrected chi connectivity index (χ4v) is 3.35. The highest BCUT2D eigenvalue weighted by Gasteiger charge is 2.16. The highest BCUT2D eigenvalue weighted by molar-refractivity contribution is 5.86. The number of hydrogen-bond acceptors (Lipinski definition) is 4. The number of rotatable bonds is 8. The summed E-state index contributed by atoms with van der Waals surface area (Å²) in [6.45, 7) is 9.39. The first-order valence-corrected chi connectivity index (χ1v) is 10.4. The van der Waals surface area contributed by atoms with E-state index >= 15 is 0 Å². The molecule has 31 heavy (non-hydrogen) atoms. The highest BCUT2D eigenvalue weighted by Crippen LogP contribution is 2.19. The van der Waals surface area contributed by atoms with E-state index < -0.39 is 6.09 Å². The maximum absolute atomic E-state index is 12.4. The van der Waals surface area contributed by atoms with Crippen LogP contribution in [-0.4, -0.2) is 37.3 Å². The fourth-order valence-electron chi connectivity index (χ4n) is 3.35. The van der Waals surface area contributed by atoms with Crippen LogP contribution in [0.4, 0.5) is 10.5 Å². The van der Waals surface area contributed by atoms with Gasteiger partial charge in [-0.1, -0.05) is 39.8 Å². The molecule has 1 amide bonds. The minimum atomic E-state index is -0.996. The molecule has 0 saturated heterocycles. The van der Waals surface area contributed by atoms with E-state index in [1.54, 1.807) is 35.3 Å². The molecule has 8 nitrogen and oxygen atoms in total. The molecule has 0 radical (unpaired) electrons. The Balaban J connectivity index is 1.86. The lowest BCUT2D eigenvalue weighted by Gasteiger charge is -2.22. The summed E-state index contributed by atoms with van der Waals surface area (Å²) in [7, 11) is 0. The number of benzene rings is 1. The van der Waals surface area contributed by atoms with Gasteiger partial charge in [0.1, 0.15) is 11.4 Å². The van der Waals surface area contributed by atoms with E-state index in [-0.39, 0.29) is 11.3 Å². The predicted octanol–water partition coefficient (Wildman–Crippen LogP) is 3.82. The topological polar surface area (TPSA) is 93.2 Å². The van der Waals surface area contributed by atoms with Crippen molar-refractivity contribution in [2.24, 2.45) is 11.8 Å². The molecule has 1 N–H and O–H groups in total. The van der Waals surface area contributed by atoms with Crippen LogP contribution in [0.15, 0.2) is 53.7 Å². The van der Waals surface area contributed by atoms with Crippen LogP contribution in [0, 0.1) is 11.8 Å². The van der Waals surface area contributed by atoms with Gasteiger partial charge < -0.3 is 5.11 Å². The number of carboxylic acid groups (broad SMARTS) is 1. The van der Waals surface area contributed by atoms with Gasteiger partial charge in [-0.05, 0) is 29.5 Å². The van der Waals surface area contributed by atoms with Crippen molar-refractivity contribution in [2.75, 3.05) is 11.4 Å². The van der Waals surface area contributed by atoms with Crippen LogP contribution < -0.4 is 10.3 Å². The third-order valence-corrected chi connectivity index (χ3v) is 4.69. The Labute approximate surface area is 181 Å². The van der Waals surface area contributed by atoms with Gasteiger partial charge in [-0.25, -0.2) is 9.48 Å². The average molecular weight is 424 g/mol. The molecule has 0 atom stereocenters. The summed E-state index contributed by atoms with van der Waals surface area (Å²) in [6.07, 6.45) is 4.57. The zero-order valence-electron chi connectivity index (χ0n) is 18.4. The molecular weight excluding hydrogens is 394 g/mol. The molecule has 2 heterocycles. The summed E-state index contributed by atoms with van der Waals surface area (Å²) < 4.78 is 3.50. The zero-order chi connectivity index (χ0) is 22.5. The first-order valence-electron chi connectivity index (χ1n) is 10.4. The molecule has 2 aromatic heterocycles. The normalized spacial score (nSPS) is 11.3. The number of aromatic nitrogens is 4. The maximum atomic E-state index is 12.4. The molecule has 0 spiro atoms. The minimum absolute atomic E-state index is 0.159. The Morgan fingerprint density at radius 3 is 2.61 bits per heavy atom. The third kappa shape index (κ3) is 5.81. The Hall–Kier alpha value is -3.42. The second kappa shape index (κ2) is 9.59. The lowest BCUT2D eigenvalue weighted by Crippen LogP contribution is -2.32. The molecule has 1 aromatic carbocycles. The lowest BCUT2D eigenvalue weighted by molar-refractivity contribution is 0.201. The van der Waals surface area contributed by atoms with Gasteiger partial charge in [0.25, 0.3) is 0 Å². The molecule has 0 aliphatic rings. The lowest BCUT2D eigenvalue weighted by atomic mass is 10.1. The van der Waals surface area contributed by atoms with Crippen molar-refractivity contribution in [3.8, 4) is 5.69 Å². The standard InChI is InChI=1S/C23H29N5O3/c1-16(2)13-26-15-20(12-24-26)28-9-8-22(29)21(25-28)11-18-6-5-7-19(10-18)27(23(30)31)14-17(3)4/h5-10,12,15-17H,11,13-14H2,1-4H3,(H,30,31). The van der Waals surface area contributed by atoms with E-state index in [9.17, 15) is 14.7 Å². The number of anilines is 1. The van der Waals surface area contributed by atoms with Crippen LogP contribution >= 0.6 is 0 Å². The molecule has 164 valence electrons. The van der Waals surface area contributed by atoms with Gasteiger partial charge >= 0.3 is 6.09 Å². The van der Waals surface area contributed by atoms with Crippen molar-refractivity contribution in [1.29, 1.82) is 0 Å². The molecule has 0 unspecified atom stereocenters. The monoisotopic (exact) mass is 423 g/mol. The molecule has 0 saturated carbocycles. The first kappa shape index (κ1) is 22.3. The predicted molar refractivity (Wildman–Crippen MR) is 120 cm³/mol. The molecule has 0 bridgehead atoms. The Kier molecular flexibility index (Phi) is 6.89. The van der Waals surface area contributed by atoms with Gasteiger partial charge in [0.05, 0.1) is 12.4 Å². The van der Waals surface area contributed by atoms with Crippen LogP contribution in [0.5, 0.6) is 0 Å². The van der Waals surface area contributed by atoms with E-state index in [0.717, 1.165) is 17.8 Å². The number of amides is 1. The van der Waals surface area contributed by atoms with E-state index in [1.165, 1.54) is 11.0 Å². The van der Waals surface area contributed by atoms with Crippen molar-refractivity contribution < 1.29 is 9.90 Å². The summed E-state index contributed by atoms with van der Waals surface area (Å²) in [5, 5.41) is 18.4. The van der Waals surface area contributed by atoms with E-state index in [4.69, 9.17) is 0 Å². The summed E-state index contributed by atoms with van der Waals surface area (Å²) >= 11 is 0. The number of hydrogen-bond donors (Lipinski definition) is 1. The minimum Gasteiger partial charge on any atom is -0.465 e. The Morgan fingerprint density at radius 1 is 1.16 bits per heavy atom. The Bertz CT molecular complexity index is 1100. The van der Waals surface area contributed by atoms with Gasteiger partial charge in [-0.3, -0.25) is 14.4 Å². The molecule has 3 rings (SSSR count). The first-order chi connectivity index (χ1) is 14.7. The van der Waals surface area contributed by atoms with Crippen LogP contribution in [0.2, 0.25) is 0 Å². The van der Waals surface area contributed by atoms with Gasteiger partial charge in [0.2, 0.25) is 5.43 Å². The van der Waals surface area contributed by atoms with Crippen molar-refractivity contribution in [2.45, 2.75) is 40.7 Å². The summed E-state index contributed by atoms with van der Waals surface area (Å²) in [6, 6.07) is 8.74. The van der Waals surface area contributed by atoms with Crippen molar-refractivity contribution in [3.63, 3.8) is 0 Å². The third-order valence-electron chi connectivity index (χ3n) is 4.69. The van der Waals surface area contributed by atoms with Crippen molar-refractivity contribution in [3.05, 3.63) is 70.4 Å². The molecule has 0 aliphatic heterocycles. The van der Waals surface area contributed by atoms with Gasteiger partial charge in [-0.2, -0.15) is 10.2 Å². The fraction of sp³-hybridized carbons (Fsp3) is 0.391. The van der Waals surface area contributed by atoms with Crippen LogP contribution in [0.3, 0.4) is 0 Å². The molecular formula is C23H29N5O3. The summed E-state index contributed by atoms with van der Waals surface area (Å²) in [5.74, 6) is 0.665. The van der Waals surface area contributed by atoms with Crippen molar-refractivity contribution >= 4 is 11.8 Å². The zero-order valence-corrected chi connectivity index (χ0v) is 18.4. The van der Waals surface area contributed by atoms with Gasteiger partial charge in [-0.15, -0.1) is 0 Å². The van der Waals surface area contributed by atoms with Crippen LogP contribution in [0.1, 0.15) is 39.0 Å². The highest BCUT2D eigenvalue weighted by atomic mass is 16.4. The smallest absolute Gasteiger partial charge is 0.411 e. The molecule has 3 aromatic rings. The largest absolute Gasteiger partial charge is 0.465 e. The second-order valence-electron chi connectivity index (χ2n) is 8.52. The molecule has 0 fully saturated rings. The Morgan fingerprint density at radius 2 is 1.94 bits per heavy atom. The van der Waals surface area contributed by atoms with Crippen LogP contribution in [0.25, 0.3) is 5.69 Å². The van der Waals surface area contributed by atoms with Gasteiger partial charge in [0, 0.05) is 37.5 Å². The second-order valence-corrected chi connectivity index (χ2v) is 8.52. The summed E-state index contributed by atoms with van der Waals surface area (Å²) in [4.78, 5) is 25.4. The van der Waals surface area contributed by atoms with E-state index in [0.29, 0.717) is 30.3 Å².